The van der Waals surface area contributed by atoms with E-state index in [1.54, 1.807) is 0 Å². The van der Waals surface area contributed by atoms with Crippen molar-refractivity contribution in [3.8, 4) is 0 Å². The first kappa shape index (κ1) is 14.5. The third-order valence-electron chi connectivity index (χ3n) is 3.27. The van der Waals surface area contributed by atoms with Gasteiger partial charge in [-0.2, -0.15) is 0 Å². The monoisotopic (exact) mass is 253 g/mol. The minimum Gasteiger partial charge on any atom is -0.301 e. The lowest BCUT2D eigenvalue weighted by atomic mass is 9.84. The molecule has 0 aliphatic heterocycles. The molecule has 2 heteroatoms. The average molecular weight is 254 g/mol. The van der Waals surface area contributed by atoms with Gasteiger partial charge in [0.05, 0.1) is 0 Å². The van der Waals surface area contributed by atoms with Crippen LogP contribution in [-0.2, 0) is 5.41 Å². The summed E-state index contributed by atoms with van der Waals surface area (Å²) in [5, 5.41) is 0. The summed E-state index contributed by atoms with van der Waals surface area (Å²) in [6.45, 7) is 8.89. The van der Waals surface area contributed by atoms with Crippen LogP contribution in [0.2, 0.25) is 0 Å². The molecule has 1 rings (SSSR count). The van der Waals surface area contributed by atoms with Gasteiger partial charge in [0.25, 0.3) is 0 Å². The van der Waals surface area contributed by atoms with Gasteiger partial charge in [0.2, 0.25) is 0 Å². The molecule has 0 bridgehead atoms. The molecular formula is C15H24ClN. The second-order valence-corrected chi connectivity index (χ2v) is 6.26. The van der Waals surface area contributed by atoms with Crippen LogP contribution in [0.25, 0.3) is 0 Å². The van der Waals surface area contributed by atoms with E-state index in [4.69, 9.17) is 11.6 Å². The van der Waals surface area contributed by atoms with Gasteiger partial charge >= 0.3 is 0 Å². The van der Waals surface area contributed by atoms with Crippen molar-refractivity contribution in [3.05, 3.63) is 34.9 Å². The van der Waals surface area contributed by atoms with Crippen LogP contribution in [0.3, 0.4) is 0 Å². The first-order chi connectivity index (χ1) is 7.77. The van der Waals surface area contributed by atoms with Gasteiger partial charge in [-0.05, 0) is 43.1 Å². The van der Waals surface area contributed by atoms with E-state index in [1.807, 2.05) is 0 Å². The van der Waals surface area contributed by atoms with Crippen molar-refractivity contribution in [2.45, 2.75) is 39.2 Å². The molecule has 0 aromatic heterocycles. The summed E-state index contributed by atoms with van der Waals surface area (Å²) in [5.41, 5.74) is 4.22. The molecule has 17 heavy (non-hydrogen) atoms. The Hall–Kier alpha value is -0.530. The summed E-state index contributed by atoms with van der Waals surface area (Å²) in [6, 6.07) is 7.03. The summed E-state index contributed by atoms with van der Waals surface area (Å²) in [4.78, 5) is 2.18. The Balaban J connectivity index is 3.23. The molecule has 0 fully saturated rings. The number of rotatable bonds is 3. The smallest absolute Gasteiger partial charge is 0.0480 e. The van der Waals surface area contributed by atoms with Crippen molar-refractivity contribution >= 4 is 11.6 Å². The lowest BCUT2D eigenvalue weighted by Gasteiger charge is -2.27. The van der Waals surface area contributed by atoms with Crippen LogP contribution >= 0.6 is 11.6 Å². The number of aryl methyl sites for hydroxylation is 1. The number of nitrogens with zero attached hydrogens (tertiary/aromatic N) is 1. The SMILES string of the molecule is Cc1ccc(C(C)(C)C)cc1C(CCl)N(C)C. The van der Waals surface area contributed by atoms with E-state index in [0.29, 0.717) is 11.9 Å². The highest BCUT2D eigenvalue weighted by molar-refractivity contribution is 6.18. The fourth-order valence-electron chi connectivity index (χ4n) is 1.97. The van der Waals surface area contributed by atoms with Gasteiger partial charge < -0.3 is 4.90 Å². The average Bonchev–Trinajstić information content (AvgIpc) is 2.19. The minimum atomic E-state index is 0.186. The van der Waals surface area contributed by atoms with Crippen LogP contribution in [0.5, 0.6) is 0 Å². The number of benzene rings is 1. The van der Waals surface area contributed by atoms with Crippen LogP contribution in [0, 0.1) is 6.92 Å². The summed E-state index contributed by atoms with van der Waals surface area (Å²) in [6.07, 6.45) is 0. The first-order valence-electron chi connectivity index (χ1n) is 6.10. The number of hydrogen-bond acceptors (Lipinski definition) is 1. The number of hydrogen-bond donors (Lipinski definition) is 0. The van der Waals surface area contributed by atoms with Gasteiger partial charge in [-0.25, -0.2) is 0 Å². The van der Waals surface area contributed by atoms with E-state index >= 15 is 0 Å². The quantitative estimate of drug-likeness (QED) is 0.732. The number of alkyl halides is 1. The highest BCUT2D eigenvalue weighted by Crippen LogP contribution is 2.29. The zero-order valence-electron chi connectivity index (χ0n) is 11.8. The lowest BCUT2D eigenvalue weighted by Crippen LogP contribution is -2.23. The molecule has 96 valence electrons. The molecule has 0 spiro atoms. The van der Waals surface area contributed by atoms with E-state index in [0.717, 1.165) is 0 Å². The van der Waals surface area contributed by atoms with Gasteiger partial charge in [0, 0.05) is 11.9 Å². The molecule has 1 aromatic carbocycles. The zero-order valence-corrected chi connectivity index (χ0v) is 12.6. The Morgan fingerprint density at radius 2 is 1.82 bits per heavy atom. The molecule has 0 aliphatic rings. The molecule has 1 unspecified atom stereocenters. The van der Waals surface area contributed by atoms with E-state index in [1.165, 1.54) is 16.7 Å². The normalized spacial score (nSPS) is 14.1. The van der Waals surface area contributed by atoms with Crippen molar-refractivity contribution in [2.24, 2.45) is 0 Å². The summed E-state index contributed by atoms with van der Waals surface area (Å²) >= 11 is 6.09. The van der Waals surface area contributed by atoms with E-state index in [2.05, 4.69) is 64.9 Å². The fraction of sp³-hybridized carbons (Fsp3) is 0.600. The Morgan fingerprint density at radius 3 is 2.24 bits per heavy atom. The van der Waals surface area contributed by atoms with Gasteiger partial charge in [-0.3, -0.25) is 0 Å². The van der Waals surface area contributed by atoms with Crippen LogP contribution in [0.15, 0.2) is 18.2 Å². The Bertz CT molecular complexity index is 377. The fourth-order valence-corrected chi connectivity index (χ4v) is 2.41. The Kier molecular flexibility index (Phi) is 4.62. The molecule has 0 radical (unpaired) electrons. The lowest BCUT2D eigenvalue weighted by molar-refractivity contribution is 0.323. The molecule has 1 aromatic rings. The maximum absolute atomic E-state index is 6.09. The van der Waals surface area contributed by atoms with E-state index in [9.17, 15) is 0 Å². The molecule has 0 saturated carbocycles. The van der Waals surface area contributed by atoms with Gasteiger partial charge in [0.1, 0.15) is 0 Å². The van der Waals surface area contributed by atoms with Gasteiger partial charge in [-0.15, -0.1) is 11.6 Å². The standard InChI is InChI=1S/C15H24ClN/c1-11-7-8-12(15(2,3)4)9-13(11)14(10-16)17(5)6/h7-9,14H,10H2,1-6H3. The van der Waals surface area contributed by atoms with Crippen LogP contribution in [-0.4, -0.2) is 24.9 Å². The molecule has 1 nitrogen and oxygen atoms in total. The predicted octanol–water partition coefficient (Wildman–Crippen LogP) is 4.13. The summed E-state index contributed by atoms with van der Waals surface area (Å²) in [5.74, 6) is 0.626. The van der Waals surface area contributed by atoms with Crippen molar-refractivity contribution in [1.82, 2.24) is 4.90 Å². The summed E-state index contributed by atoms with van der Waals surface area (Å²) < 4.78 is 0. The highest BCUT2D eigenvalue weighted by Gasteiger charge is 2.19. The molecular weight excluding hydrogens is 230 g/mol. The second-order valence-electron chi connectivity index (χ2n) is 5.96. The molecule has 1 atom stereocenters. The molecule has 0 amide bonds. The molecule has 0 saturated heterocycles. The largest absolute Gasteiger partial charge is 0.301 e. The third-order valence-corrected chi connectivity index (χ3v) is 3.57. The highest BCUT2D eigenvalue weighted by atomic mass is 35.5. The van der Waals surface area contributed by atoms with Crippen LogP contribution < -0.4 is 0 Å². The first-order valence-corrected chi connectivity index (χ1v) is 6.64. The van der Waals surface area contributed by atoms with Crippen molar-refractivity contribution in [2.75, 3.05) is 20.0 Å². The van der Waals surface area contributed by atoms with Gasteiger partial charge in [-0.1, -0.05) is 39.0 Å². The second kappa shape index (κ2) is 5.41. The maximum atomic E-state index is 6.09. The molecule has 0 heterocycles. The molecule has 0 aliphatic carbocycles. The topological polar surface area (TPSA) is 3.24 Å². The summed E-state index contributed by atoms with van der Waals surface area (Å²) in [7, 11) is 4.16. The molecule has 0 N–H and O–H groups in total. The van der Waals surface area contributed by atoms with Gasteiger partial charge in [0.15, 0.2) is 0 Å². The van der Waals surface area contributed by atoms with Crippen molar-refractivity contribution < 1.29 is 0 Å². The Labute approximate surface area is 111 Å². The van der Waals surface area contributed by atoms with Crippen molar-refractivity contribution in [1.29, 1.82) is 0 Å². The Morgan fingerprint density at radius 1 is 1.24 bits per heavy atom. The van der Waals surface area contributed by atoms with Crippen LogP contribution in [0.4, 0.5) is 0 Å². The minimum absolute atomic E-state index is 0.186. The van der Waals surface area contributed by atoms with E-state index in [-0.39, 0.29) is 5.41 Å². The third kappa shape index (κ3) is 3.46. The number of halogens is 1. The van der Waals surface area contributed by atoms with Crippen molar-refractivity contribution in [3.63, 3.8) is 0 Å². The maximum Gasteiger partial charge on any atom is 0.0480 e. The van der Waals surface area contributed by atoms with Crippen LogP contribution in [0.1, 0.15) is 43.5 Å². The predicted molar refractivity (Wildman–Crippen MR) is 77.0 cm³/mol. The van der Waals surface area contributed by atoms with E-state index < -0.39 is 0 Å². The zero-order chi connectivity index (χ0) is 13.2.